The van der Waals surface area contributed by atoms with Crippen LogP contribution >= 0.6 is 0 Å². The number of amides is 4. The van der Waals surface area contributed by atoms with Crippen molar-refractivity contribution in [3.8, 4) is 0 Å². The van der Waals surface area contributed by atoms with Gasteiger partial charge in [-0.25, -0.2) is 9.59 Å². The Morgan fingerprint density at radius 2 is 1.36 bits per heavy atom. The zero-order valence-corrected chi connectivity index (χ0v) is 6.04. The molecule has 0 aromatic carbocycles. The first kappa shape index (κ1) is 12.1. The largest absolute Gasteiger partial charge is 0.353 e. The van der Waals surface area contributed by atoms with Crippen molar-refractivity contribution in [1.29, 1.82) is 0 Å². The Balaban J connectivity index is 0. The Morgan fingerprint density at radius 3 is 1.36 bits per heavy atom. The lowest BCUT2D eigenvalue weighted by molar-refractivity contribution is 0.255. The molecule has 0 radical (unpaired) electrons. The first-order valence-electron chi connectivity index (χ1n) is 2.01. The van der Waals surface area contributed by atoms with Crippen LogP contribution in [0.4, 0.5) is 9.59 Å². The molecule has 0 aliphatic carbocycles. The predicted molar refractivity (Wildman–Crippen MR) is 34.7 cm³/mol. The van der Waals surface area contributed by atoms with Gasteiger partial charge in [-0.15, -0.1) is 0 Å². The zero-order valence-electron chi connectivity index (χ0n) is 5.22. The highest BCUT2D eigenvalue weighted by molar-refractivity contribution is 7.62. The molecule has 11 heavy (non-hydrogen) atoms. The summed E-state index contributed by atoms with van der Waals surface area (Å²) in [6.45, 7) is 0. The fourth-order valence-electron chi connectivity index (χ4n) is 0.0735. The SMILES string of the molecule is NC(=O)N=S(=O)=O.NC(N)=O. The van der Waals surface area contributed by atoms with E-state index in [2.05, 4.69) is 21.6 Å². The molecule has 0 aliphatic heterocycles. The van der Waals surface area contributed by atoms with Gasteiger partial charge in [0.05, 0.1) is 0 Å². The van der Waals surface area contributed by atoms with E-state index in [1.54, 1.807) is 0 Å². The van der Waals surface area contributed by atoms with Crippen LogP contribution in [0.15, 0.2) is 4.36 Å². The van der Waals surface area contributed by atoms with Crippen LogP contribution in [0.1, 0.15) is 0 Å². The van der Waals surface area contributed by atoms with Gasteiger partial charge in [0.2, 0.25) is 0 Å². The average molecular weight is 182 g/mol. The summed E-state index contributed by atoms with van der Waals surface area (Å²) in [6, 6.07) is -2.03. The number of carbonyl (C=O) groups excluding carboxylic acids is 2. The molecule has 64 valence electrons. The van der Waals surface area contributed by atoms with Gasteiger partial charge in [0.15, 0.2) is 0 Å². The quantitative estimate of drug-likeness (QED) is 0.401. The minimum Gasteiger partial charge on any atom is -0.352 e. The van der Waals surface area contributed by atoms with Crippen LogP contribution in [0.2, 0.25) is 0 Å². The third kappa shape index (κ3) is 60.7. The summed E-state index contributed by atoms with van der Waals surface area (Å²) in [4.78, 5) is 18.5. The lowest BCUT2D eigenvalue weighted by atomic mass is 11.2. The molecule has 0 aromatic heterocycles. The summed E-state index contributed by atoms with van der Waals surface area (Å²) in [5, 5.41) is 0. The van der Waals surface area contributed by atoms with Gasteiger partial charge in [0, 0.05) is 0 Å². The number of urea groups is 2. The average Bonchev–Trinajstić information content (AvgIpc) is 1.56. The molecule has 0 saturated heterocycles. The highest BCUT2D eigenvalue weighted by Crippen LogP contribution is 1.60. The maximum atomic E-state index is 9.47. The minimum atomic E-state index is -2.70. The lowest BCUT2D eigenvalue weighted by Crippen LogP contribution is -2.18. The molecule has 4 amide bonds. The standard InChI is InChI=1S/CH2N2O3S.CH4N2O/c2-1(4)3-7(5)6;2-1(3)4/h(H2,2,4);(H4,2,3,4). The van der Waals surface area contributed by atoms with Crippen molar-refractivity contribution < 1.29 is 18.0 Å². The Morgan fingerprint density at radius 1 is 1.09 bits per heavy atom. The molecule has 0 bridgehead atoms. The van der Waals surface area contributed by atoms with Crippen molar-refractivity contribution in [2.75, 3.05) is 0 Å². The van der Waals surface area contributed by atoms with Crippen LogP contribution in [-0.2, 0) is 10.5 Å². The van der Waals surface area contributed by atoms with Crippen molar-refractivity contribution in [2.24, 2.45) is 21.6 Å². The predicted octanol–water partition coefficient (Wildman–Crippen LogP) is -1.85. The molecule has 6 N–H and O–H groups in total. The maximum Gasteiger partial charge on any atom is 0.353 e. The fraction of sp³-hybridized carbons (Fsp3) is 0. The van der Waals surface area contributed by atoms with Gasteiger partial charge in [-0.1, -0.05) is 4.36 Å². The van der Waals surface area contributed by atoms with Gasteiger partial charge in [0.25, 0.3) is 0 Å². The van der Waals surface area contributed by atoms with E-state index in [9.17, 15) is 13.2 Å². The number of hydrogen-bond acceptors (Lipinski definition) is 4. The molecule has 8 nitrogen and oxygen atoms in total. The second-order valence-corrected chi connectivity index (χ2v) is 1.67. The Hall–Kier alpha value is -1.64. The van der Waals surface area contributed by atoms with Crippen LogP contribution in [0, 0.1) is 0 Å². The lowest BCUT2D eigenvalue weighted by Gasteiger charge is -1.64. The van der Waals surface area contributed by atoms with Gasteiger partial charge in [0.1, 0.15) is 0 Å². The molecule has 0 rings (SSSR count). The van der Waals surface area contributed by atoms with Crippen molar-refractivity contribution in [3.05, 3.63) is 0 Å². The molecular weight excluding hydrogens is 176 g/mol. The smallest absolute Gasteiger partial charge is 0.352 e. The highest BCUT2D eigenvalue weighted by atomic mass is 32.2. The molecule has 0 fully saturated rings. The van der Waals surface area contributed by atoms with E-state index >= 15 is 0 Å². The van der Waals surface area contributed by atoms with E-state index in [1.165, 1.54) is 0 Å². The third-order valence-corrected chi connectivity index (χ3v) is 0.494. The molecule has 0 aromatic rings. The summed E-state index contributed by atoms with van der Waals surface area (Å²) in [7, 11) is -2.70. The molecule has 0 heterocycles. The van der Waals surface area contributed by atoms with Crippen molar-refractivity contribution in [1.82, 2.24) is 0 Å². The normalized spacial score (nSPS) is 6.91. The summed E-state index contributed by atoms with van der Waals surface area (Å²) < 4.78 is 21.0. The van der Waals surface area contributed by atoms with E-state index in [0.29, 0.717) is 0 Å². The summed E-state index contributed by atoms with van der Waals surface area (Å²) in [6.07, 6.45) is 0. The number of hydrogen-bond donors (Lipinski definition) is 3. The Bertz CT molecular complexity index is 254. The van der Waals surface area contributed by atoms with Crippen molar-refractivity contribution in [2.45, 2.75) is 0 Å². The van der Waals surface area contributed by atoms with E-state index in [4.69, 9.17) is 4.79 Å². The van der Waals surface area contributed by atoms with Crippen molar-refractivity contribution in [3.63, 3.8) is 0 Å². The van der Waals surface area contributed by atoms with Crippen LogP contribution in [0.3, 0.4) is 0 Å². The summed E-state index contributed by atoms with van der Waals surface area (Å²) in [5.41, 5.74) is 12.8. The number of nitrogens with zero attached hydrogens (tertiary/aromatic N) is 1. The molecule has 0 unspecified atom stereocenters. The molecule has 0 spiro atoms. The zero-order chi connectivity index (χ0) is 9.44. The van der Waals surface area contributed by atoms with Crippen molar-refractivity contribution >= 4 is 22.6 Å². The van der Waals surface area contributed by atoms with Crippen LogP contribution in [-0.4, -0.2) is 20.5 Å². The first-order valence-corrected chi connectivity index (χ1v) is 3.05. The molecule has 0 aliphatic rings. The van der Waals surface area contributed by atoms with E-state index in [1.807, 2.05) is 0 Å². The Kier molecular flexibility index (Phi) is 7.11. The van der Waals surface area contributed by atoms with Gasteiger partial charge in [-0.05, 0) is 0 Å². The summed E-state index contributed by atoms with van der Waals surface area (Å²) in [5.74, 6) is 0. The van der Waals surface area contributed by atoms with E-state index < -0.39 is 22.6 Å². The number of rotatable bonds is 0. The second-order valence-electron chi connectivity index (χ2n) is 1.05. The fourth-order valence-corrected chi connectivity index (χ4v) is 0.220. The van der Waals surface area contributed by atoms with Gasteiger partial charge < -0.3 is 17.2 Å². The van der Waals surface area contributed by atoms with Gasteiger partial charge >= 0.3 is 22.6 Å². The highest BCUT2D eigenvalue weighted by Gasteiger charge is 1.80. The minimum absolute atomic E-state index is 0.833. The maximum absolute atomic E-state index is 9.47. The van der Waals surface area contributed by atoms with E-state index in [-0.39, 0.29) is 0 Å². The first-order chi connectivity index (χ1) is 4.86. The number of nitrogens with two attached hydrogens (primary N) is 3. The number of primary amides is 3. The molecular formula is C2H6N4O4S. The van der Waals surface area contributed by atoms with E-state index in [0.717, 1.165) is 0 Å². The topological polar surface area (TPSA) is 159 Å². The third-order valence-electron chi connectivity index (χ3n) is 0.165. The van der Waals surface area contributed by atoms with Gasteiger partial charge in [-0.3, -0.25) is 0 Å². The number of carbonyl (C=O) groups is 2. The molecule has 0 saturated carbocycles. The van der Waals surface area contributed by atoms with Crippen LogP contribution < -0.4 is 17.2 Å². The Labute approximate surface area is 63.0 Å². The van der Waals surface area contributed by atoms with Crippen LogP contribution in [0.25, 0.3) is 0 Å². The van der Waals surface area contributed by atoms with Gasteiger partial charge in [-0.2, -0.15) is 8.42 Å². The molecule has 9 heteroatoms. The second kappa shape index (κ2) is 6.48. The monoisotopic (exact) mass is 182 g/mol. The summed E-state index contributed by atoms with van der Waals surface area (Å²) >= 11 is 0. The van der Waals surface area contributed by atoms with Crippen LogP contribution in [0.5, 0.6) is 0 Å². The molecule has 0 atom stereocenters.